The summed E-state index contributed by atoms with van der Waals surface area (Å²) in [5.41, 5.74) is 5.86. The Morgan fingerprint density at radius 1 is 1.43 bits per heavy atom. The molecule has 6 nitrogen and oxygen atoms in total. The number of hydrogen-bond acceptors (Lipinski definition) is 4. The summed E-state index contributed by atoms with van der Waals surface area (Å²) in [7, 11) is -3.92. The summed E-state index contributed by atoms with van der Waals surface area (Å²) in [5, 5.41) is -0.135. The number of halogens is 1. The molecule has 0 unspecified atom stereocenters. The van der Waals surface area contributed by atoms with Crippen molar-refractivity contribution >= 4 is 15.7 Å². The largest absolute Gasteiger partial charge is 0.334 e. The first-order chi connectivity index (χ1) is 9.87. The van der Waals surface area contributed by atoms with E-state index in [1.807, 2.05) is 6.92 Å². The Morgan fingerprint density at radius 3 is 2.67 bits per heavy atom. The van der Waals surface area contributed by atoms with Crippen LogP contribution in [0.3, 0.4) is 0 Å². The zero-order chi connectivity index (χ0) is 15.6. The average molecular weight is 312 g/mol. The second-order valence-electron chi connectivity index (χ2n) is 4.54. The van der Waals surface area contributed by atoms with E-state index in [9.17, 15) is 12.8 Å². The first kappa shape index (κ1) is 15.5. The maximum Gasteiger partial charge on any atom is 0.281 e. The summed E-state index contributed by atoms with van der Waals surface area (Å²) in [6.45, 7) is 4.38. The molecule has 0 aliphatic rings. The van der Waals surface area contributed by atoms with Gasteiger partial charge in [-0.3, -0.25) is 4.72 Å². The third-order valence-corrected chi connectivity index (χ3v) is 4.32. The van der Waals surface area contributed by atoms with Crippen molar-refractivity contribution in [2.24, 2.45) is 5.73 Å². The minimum absolute atomic E-state index is 0.129. The molecule has 0 saturated carbocycles. The second-order valence-corrected chi connectivity index (χ2v) is 6.17. The molecule has 0 bridgehead atoms. The van der Waals surface area contributed by atoms with Crippen LogP contribution in [0.4, 0.5) is 10.1 Å². The maximum atomic E-state index is 13.8. The van der Waals surface area contributed by atoms with Crippen LogP contribution in [-0.4, -0.2) is 18.0 Å². The molecule has 0 amide bonds. The fraction of sp³-hybridized carbons (Fsp3) is 0.308. The zero-order valence-corrected chi connectivity index (χ0v) is 12.6. The normalized spacial score (nSPS) is 11.6. The Kier molecular flexibility index (Phi) is 4.29. The molecule has 0 spiro atoms. The zero-order valence-electron chi connectivity index (χ0n) is 11.8. The van der Waals surface area contributed by atoms with Gasteiger partial charge in [0.2, 0.25) is 0 Å². The van der Waals surface area contributed by atoms with E-state index in [0.717, 1.165) is 0 Å². The molecule has 3 N–H and O–H groups in total. The number of nitrogens with one attached hydrogen (secondary N) is 1. The van der Waals surface area contributed by atoms with E-state index < -0.39 is 15.8 Å². The lowest BCUT2D eigenvalue weighted by molar-refractivity contribution is 0.595. The summed E-state index contributed by atoms with van der Waals surface area (Å²) in [6.07, 6.45) is 1.42. The van der Waals surface area contributed by atoms with Crippen molar-refractivity contribution in [3.05, 3.63) is 41.6 Å². The van der Waals surface area contributed by atoms with Crippen LogP contribution in [0, 0.1) is 12.7 Å². The van der Waals surface area contributed by atoms with Crippen LogP contribution in [0.25, 0.3) is 0 Å². The van der Waals surface area contributed by atoms with Crippen molar-refractivity contribution in [2.45, 2.75) is 32.0 Å². The molecule has 0 saturated heterocycles. The summed E-state index contributed by atoms with van der Waals surface area (Å²) in [6, 6.07) is 4.11. The predicted molar refractivity (Wildman–Crippen MR) is 77.7 cm³/mol. The molecule has 8 heteroatoms. The van der Waals surface area contributed by atoms with Gasteiger partial charge in [-0.05, 0) is 31.5 Å². The Balaban J connectivity index is 2.32. The van der Waals surface area contributed by atoms with Crippen LogP contribution in [0.1, 0.15) is 18.3 Å². The van der Waals surface area contributed by atoms with Gasteiger partial charge in [-0.15, -0.1) is 0 Å². The third kappa shape index (κ3) is 3.22. The van der Waals surface area contributed by atoms with Crippen LogP contribution in [0.2, 0.25) is 0 Å². The van der Waals surface area contributed by atoms with Crippen LogP contribution in [0.15, 0.2) is 29.4 Å². The molecule has 0 aliphatic heterocycles. The van der Waals surface area contributed by atoms with Gasteiger partial charge in [0.1, 0.15) is 11.6 Å². The Morgan fingerprint density at radius 2 is 2.14 bits per heavy atom. The van der Waals surface area contributed by atoms with Gasteiger partial charge in [-0.25, -0.2) is 9.37 Å². The Bertz CT molecular complexity index is 756. The van der Waals surface area contributed by atoms with E-state index in [1.54, 1.807) is 17.6 Å². The number of anilines is 1. The number of aromatic nitrogens is 2. The molecule has 0 aliphatic carbocycles. The standard InChI is InChI=1S/C13H17FN4O2S/c1-3-18-8-13(16-9(18)2)21(19,20)17-12-5-4-10(7-15)6-11(12)14/h4-6,8,17H,3,7,15H2,1-2H3. The van der Waals surface area contributed by atoms with Crippen LogP contribution < -0.4 is 10.5 Å². The number of aryl methyl sites for hydroxylation is 2. The molecule has 1 heterocycles. The van der Waals surface area contributed by atoms with Crippen LogP contribution >= 0.6 is 0 Å². The SMILES string of the molecule is CCn1cc(S(=O)(=O)Nc2ccc(CN)cc2F)nc1C. The molecule has 0 atom stereocenters. The number of sulfonamides is 1. The highest BCUT2D eigenvalue weighted by Gasteiger charge is 2.20. The van der Waals surface area contributed by atoms with Gasteiger partial charge in [-0.1, -0.05) is 6.07 Å². The maximum absolute atomic E-state index is 13.8. The quantitative estimate of drug-likeness (QED) is 0.877. The van der Waals surface area contributed by atoms with E-state index in [4.69, 9.17) is 5.73 Å². The van der Waals surface area contributed by atoms with Gasteiger partial charge in [-0.2, -0.15) is 8.42 Å². The lowest BCUT2D eigenvalue weighted by atomic mass is 10.2. The molecule has 0 fully saturated rings. The molecule has 2 aromatic rings. The van der Waals surface area contributed by atoms with Crippen molar-refractivity contribution in [1.82, 2.24) is 9.55 Å². The number of nitrogens with two attached hydrogens (primary N) is 1. The first-order valence-electron chi connectivity index (χ1n) is 6.42. The van der Waals surface area contributed by atoms with E-state index in [2.05, 4.69) is 9.71 Å². The smallest absolute Gasteiger partial charge is 0.281 e. The van der Waals surface area contributed by atoms with Gasteiger partial charge in [0.15, 0.2) is 5.03 Å². The highest BCUT2D eigenvalue weighted by atomic mass is 32.2. The van der Waals surface area contributed by atoms with Gasteiger partial charge in [0, 0.05) is 19.3 Å². The van der Waals surface area contributed by atoms with Crippen LogP contribution in [0.5, 0.6) is 0 Å². The molecule has 1 aromatic heterocycles. The van der Waals surface area contributed by atoms with Gasteiger partial charge in [0.25, 0.3) is 10.0 Å². The van der Waals surface area contributed by atoms with Crippen molar-refractivity contribution in [2.75, 3.05) is 4.72 Å². The fourth-order valence-corrected chi connectivity index (χ4v) is 2.97. The number of benzene rings is 1. The topological polar surface area (TPSA) is 90.0 Å². The Labute approximate surface area is 122 Å². The highest BCUT2D eigenvalue weighted by Crippen LogP contribution is 2.20. The van der Waals surface area contributed by atoms with Crippen LogP contribution in [-0.2, 0) is 23.1 Å². The number of nitrogens with zero attached hydrogens (tertiary/aromatic N) is 2. The van der Waals surface area contributed by atoms with Gasteiger partial charge < -0.3 is 10.3 Å². The Hall–Kier alpha value is -1.93. The minimum atomic E-state index is -3.92. The highest BCUT2D eigenvalue weighted by molar-refractivity contribution is 7.92. The second kappa shape index (κ2) is 5.82. The molecule has 0 radical (unpaired) electrons. The lowest BCUT2D eigenvalue weighted by Gasteiger charge is -2.08. The summed E-state index contributed by atoms with van der Waals surface area (Å²) in [4.78, 5) is 3.98. The van der Waals surface area contributed by atoms with Crippen molar-refractivity contribution in [3.8, 4) is 0 Å². The molecule has 21 heavy (non-hydrogen) atoms. The molecule has 1 aromatic carbocycles. The molecular weight excluding hydrogens is 295 g/mol. The molecule has 114 valence electrons. The van der Waals surface area contributed by atoms with Crippen molar-refractivity contribution in [3.63, 3.8) is 0 Å². The van der Waals surface area contributed by atoms with E-state index in [1.165, 1.54) is 18.3 Å². The number of imidazole rings is 1. The van der Waals surface area contributed by atoms with E-state index >= 15 is 0 Å². The molecule has 2 rings (SSSR count). The number of rotatable bonds is 5. The fourth-order valence-electron chi connectivity index (χ4n) is 1.89. The van der Waals surface area contributed by atoms with E-state index in [-0.39, 0.29) is 17.3 Å². The summed E-state index contributed by atoms with van der Waals surface area (Å²) in [5.74, 6) is -0.0926. The summed E-state index contributed by atoms with van der Waals surface area (Å²) >= 11 is 0. The third-order valence-electron chi connectivity index (χ3n) is 3.08. The van der Waals surface area contributed by atoms with E-state index in [0.29, 0.717) is 17.9 Å². The molecular formula is C13H17FN4O2S. The first-order valence-corrected chi connectivity index (χ1v) is 7.90. The van der Waals surface area contributed by atoms with Crippen molar-refractivity contribution in [1.29, 1.82) is 0 Å². The number of hydrogen-bond donors (Lipinski definition) is 2. The summed E-state index contributed by atoms with van der Waals surface area (Å²) < 4.78 is 42.1. The monoisotopic (exact) mass is 312 g/mol. The van der Waals surface area contributed by atoms with Gasteiger partial charge >= 0.3 is 0 Å². The minimum Gasteiger partial charge on any atom is -0.334 e. The average Bonchev–Trinajstić information content (AvgIpc) is 2.83. The van der Waals surface area contributed by atoms with Gasteiger partial charge in [0.05, 0.1) is 5.69 Å². The predicted octanol–water partition coefficient (Wildman–Crippen LogP) is 1.61. The van der Waals surface area contributed by atoms with Crippen molar-refractivity contribution < 1.29 is 12.8 Å². The lowest BCUT2D eigenvalue weighted by Crippen LogP contribution is -2.14.